The van der Waals surface area contributed by atoms with E-state index < -0.39 is 12.1 Å². The van der Waals surface area contributed by atoms with Crippen molar-refractivity contribution in [1.29, 1.82) is 0 Å². The summed E-state index contributed by atoms with van der Waals surface area (Å²) in [6.07, 6.45) is -1.52. The van der Waals surface area contributed by atoms with Gasteiger partial charge in [-0.25, -0.2) is 0 Å². The van der Waals surface area contributed by atoms with E-state index in [0.29, 0.717) is 12.1 Å². The van der Waals surface area contributed by atoms with Crippen molar-refractivity contribution in [3.8, 4) is 11.4 Å². The number of rotatable bonds is 3. The first kappa shape index (κ1) is 13.3. The van der Waals surface area contributed by atoms with Gasteiger partial charge in [-0.1, -0.05) is 29.4 Å². The predicted octanol–water partition coefficient (Wildman–Crippen LogP) is 2.40. The summed E-state index contributed by atoms with van der Waals surface area (Å²) in [7, 11) is 0. The van der Waals surface area contributed by atoms with E-state index in [4.69, 9.17) is 0 Å². The van der Waals surface area contributed by atoms with E-state index in [-0.39, 0.29) is 5.82 Å². The normalized spacial score (nSPS) is 11.8. The fraction of sp³-hybridized carbons (Fsp3) is 0.167. The topological polar surface area (TPSA) is 69.6 Å². The second kappa shape index (κ2) is 5.00. The van der Waals surface area contributed by atoms with Crippen molar-refractivity contribution < 1.29 is 17.7 Å². The second-order valence-corrected chi connectivity index (χ2v) is 4.18. The van der Waals surface area contributed by atoms with Gasteiger partial charge in [-0.05, 0) is 5.56 Å². The van der Waals surface area contributed by atoms with Crippen LogP contribution >= 0.6 is 0 Å². The lowest BCUT2D eigenvalue weighted by atomic mass is 10.1. The van der Waals surface area contributed by atoms with Crippen LogP contribution in [0, 0.1) is 0 Å². The molecule has 3 rings (SSSR count). The first-order valence-electron chi connectivity index (χ1n) is 5.87. The molecule has 0 spiro atoms. The number of halogens is 3. The monoisotopic (exact) mass is 295 g/mol. The third kappa shape index (κ3) is 2.91. The van der Waals surface area contributed by atoms with Crippen LogP contribution in [-0.2, 0) is 12.7 Å². The summed E-state index contributed by atoms with van der Waals surface area (Å²) in [5.74, 6) is -1.46. The molecule has 0 N–H and O–H groups in total. The molecule has 2 heterocycles. The van der Waals surface area contributed by atoms with Gasteiger partial charge in [-0.3, -0.25) is 0 Å². The second-order valence-electron chi connectivity index (χ2n) is 4.18. The average molecular weight is 295 g/mol. The van der Waals surface area contributed by atoms with E-state index in [9.17, 15) is 13.2 Å². The summed E-state index contributed by atoms with van der Waals surface area (Å²) >= 11 is 0. The minimum absolute atomic E-state index is 0.105. The predicted molar refractivity (Wildman–Crippen MR) is 63.9 cm³/mol. The molecule has 9 heteroatoms. The van der Waals surface area contributed by atoms with E-state index in [2.05, 4.69) is 24.9 Å². The van der Waals surface area contributed by atoms with E-state index in [0.717, 1.165) is 5.56 Å². The molecule has 0 aliphatic carbocycles. The van der Waals surface area contributed by atoms with Crippen molar-refractivity contribution in [2.75, 3.05) is 0 Å². The lowest BCUT2D eigenvalue weighted by Crippen LogP contribution is -2.05. The standard InChI is InChI=1S/C12H8F3N5O/c13-12(14,15)11-18-10(19-21-11)9-3-1-8(2-4-9)7-20-16-5-6-17-20/h1-6H,7H2. The van der Waals surface area contributed by atoms with Gasteiger partial charge in [0.2, 0.25) is 5.82 Å². The van der Waals surface area contributed by atoms with Gasteiger partial charge < -0.3 is 4.52 Å². The first-order chi connectivity index (χ1) is 10.0. The van der Waals surface area contributed by atoms with Crippen LogP contribution in [0.4, 0.5) is 13.2 Å². The number of benzene rings is 1. The van der Waals surface area contributed by atoms with Crippen molar-refractivity contribution in [3.05, 3.63) is 48.1 Å². The lowest BCUT2D eigenvalue weighted by molar-refractivity contribution is -0.159. The zero-order valence-corrected chi connectivity index (χ0v) is 10.4. The van der Waals surface area contributed by atoms with Crippen LogP contribution in [0.3, 0.4) is 0 Å². The number of hydrogen-bond donors (Lipinski definition) is 0. The highest BCUT2D eigenvalue weighted by Gasteiger charge is 2.38. The quantitative estimate of drug-likeness (QED) is 0.742. The van der Waals surface area contributed by atoms with Gasteiger partial charge in [0, 0.05) is 5.56 Å². The molecule has 3 aromatic rings. The van der Waals surface area contributed by atoms with E-state index >= 15 is 0 Å². The van der Waals surface area contributed by atoms with E-state index in [1.165, 1.54) is 4.80 Å². The Morgan fingerprint density at radius 1 is 1.05 bits per heavy atom. The number of alkyl halides is 3. The minimum Gasteiger partial charge on any atom is -0.329 e. The van der Waals surface area contributed by atoms with Crippen LogP contribution in [0.2, 0.25) is 0 Å². The average Bonchev–Trinajstić information content (AvgIpc) is 3.09. The van der Waals surface area contributed by atoms with E-state index in [1.807, 2.05) is 0 Å². The van der Waals surface area contributed by atoms with Crippen LogP contribution in [0.1, 0.15) is 11.5 Å². The van der Waals surface area contributed by atoms with E-state index in [1.54, 1.807) is 36.7 Å². The van der Waals surface area contributed by atoms with Crippen LogP contribution in [0.5, 0.6) is 0 Å². The Hall–Kier alpha value is -2.71. The maximum atomic E-state index is 12.4. The fourth-order valence-corrected chi connectivity index (χ4v) is 1.70. The Morgan fingerprint density at radius 3 is 2.29 bits per heavy atom. The summed E-state index contributed by atoms with van der Waals surface area (Å²) < 4.78 is 41.3. The van der Waals surface area contributed by atoms with Gasteiger partial charge in [-0.15, -0.1) is 0 Å². The van der Waals surface area contributed by atoms with Crippen LogP contribution < -0.4 is 0 Å². The third-order valence-electron chi connectivity index (χ3n) is 2.67. The largest absolute Gasteiger partial charge is 0.471 e. The van der Waals surface area contributed by atoms with Crippen molar-refractivity contribution in [2.24, 2.45) is 0 Å². The molecule has 0 amide bonds. The summed E-state index contributed by atoms with van der Waals surface area (Å²) in [4.78, 5) is 4.82. The number of nitrogens with zero attached hydrogens (tertiary/aromatic N) is 5. The molecule has 0 aliphatic heterocycles. The zero-order valence-electron chi connectivity index (χ0n) is 10.4. The first-order valence-corrected chi connectivity index (χ1v) is 5.87. The zero-order chi connectivity index (χ0) is 14.9. The molecule has 0 fully saturated rings. The summed E-state index contributed by atoms with van der Waals surface area (Å²) in [6.45, 7) is 0.466. The van der Waals surface area contributed by atoms with Gasteiger partial charge in [0.15, 0.2) is 0 Å². The maximum Gasteiger partial charge on any atom is 0.471 e. The van der Waals surface area contributed by atoms with Crippen LogP contribution in [-0.4, -0.2) is 25.1 Å². The van der Waals surface area contributed by atoms with Crippen molar-refractivity contribution >= 4 is 0 Å². The fourth-order valence-electron chi connectivity index (χ4n) is 1.70. The smallest absolute Gasteiger partial charge is 0.329 e. The Kier molecular flexibility index (Phi) is 3.16. The molecule has 21 heavy (non-hydrogen) atoms. The molecule has 0 unspecified atom stereocenters. The highest BCUT2D eigenvalue weighted by atomic mass is 19.4. The van der Waals surface area contributed by atoms with Crippen LogP contribution in [0.15, 0.2) is 41.2 Å². The molecular formula is C12H8F3N5O. The molecule has 6 nitrogen and oxygen atoms in total. The lowest BCUT2D eigenvalue weighted by Gasteiger charge is -2.01. The van der Waals surface area contributed by atoms with Crippen molar-refractivity contribution in [1.82, 2.24) is 25.1 Å². The van der Waals surface area contributed by atoms with Crippen molar-refractivity contribution in [3.63, 3.8) is 0 Å². The molecule has 0 bridgehead atoms. The number of aromatic nitrogens is 5. The van der Waals surface area contributed by atoms with Gasteiger partial charge in [0.25, 0.3) is 0 Å². The number of hydrogen-bond acceptors (Lipinski definition) is 5. The Balaban J connectivity index is 1.79. The molecule has 2 aromatic heterocycles. The summed E-state index contributed by atoms with van der Waals surface area (Å²) in [5.41, 5.74) is 1.33. The van der Waals surface area contributed by atoms with Gasteiger partial charge in [-0.2, -0.15) is 33.1 Å². The molecular weight excluding hydrogens is 287 g/mol. The molecule has 0 atom stereocenters. The molecule has 0 aliphatic rings. The summed E-state index contributed by atoms with van der Waals surface area (Å²) in [6, 6.07) is 6.71. The van der Waals surface area contributed by atoms with Crippen LogP contribution in [0.25, 0.3) is 11.4 Å². The molecule has 0 saturated carbocycles. The minimum atomic E-state index is -4.64. The van der Waals surface area contributed by atoms with Gasteiger partial charge in [0.05, 0.1) is 18.9 Å². The molecule has 1 aromatic carbocycles. The van der Waals surface area contributed by atoms with Gasteiger partial charge in [0.1, 0.15) is 0 Å². The maximum absolute atomic E-state index is 12.4. The van der Waals surface area contributed by atoms with Crippen molar-refractivity contribution in [2.45, 2.75) is 12.7 Å². The molecule has 0 saturated heterocycles. The Morgan fingerprint density at radius 2 is 1.71 bits per heavy atom. The highest BCUT2D eigenvalue weighted by Crippen LogP contribution is 2.29. The molecule has 108 valence electrons. The SMILES string of the molecule is FC(F)(F)c1nc(-c2ccc(Cn3nccn3)cc2)no1. The third-order valence-corrected chi connectivity index (χ3v) is 2.67. The van der Waals surface area contributed by atoms with Gasteiger partial charge >= 0.3 is 12.1 Å². The highest BCUT2D eigenvalue weighted by molar-refractivity contribution is 5.54. The Bertz CT molecular complexity index is 718. The summed E-state index contributed by atoms with van der Waals surface area (Å²) in [5, 5.41) is 11.2. The Labute approximate surface area is 116 Å². The molecule has 0 radical (unpaired) electrons.